The van der Waals surface area contributed by atoms with Crippen LogP contribution in [0.1, 0.15) is 78.6 Å². The normalized spacial score (nSPS) is 11.4. The van der Waals surface area contributed by atoms with Gasteiger partial charge < -0.3 is 0 Å². The fourth-order valence-electron chi connectivity index (χ4n) is 2.09. The van der Waals surface area contributed by atoms with Crippen molar-refractivity contribution < 1.29 is 0 Å². The van der Waals surface area contributed by atoms with Gasteiger partial charge in [-0.15, -0.1) is 0 Å². The number of hydrogen-bond acceptors (Lipinski definition) is 0. The Morgan fingerprint density at radius 1 is 0.944 bits per heavy atom. The summed E-state index contributed by atoms with van der Waals surface area (Å²) in [5.41, 5.74) is 3.13. The summed E-state index contributed by atoms with van der Waals surface area (Å²) in [7, 11) is 0. The van der Waals surface area contributed by atoms with Crippen LogP contribution in [0.3, 0.4) is 0 Å². The van der Waals surface area contributed by atoms with Crippen LogP contribution < -0.4 is 0 Å². The van der Waals surface area contributed by atoms with E-state index < -0.39 is 0 Å². The molecule has 0 saturated heterocycles. The molecule has 1 radical (unpaired) electrons. The first-order chi connectivity index (χ1) is 8.74. The Kier molecular flexibility index (Phi) is 12.1. The largest absolute Gasteiger partial charge is 0.0845 e. The van der Waals surface area contributed by atoms with E-state index in [9.17, 15) is 0 Å². The topological polar surface area (TPSA) is 0 Å². The lowest BCUT2D eigenvalue weighted by atomic mass is 10.0. The van der Waals surface area contributed by atoms with Gasteiger partial charge >= 0.3 is 0 Å². The van der Waals surface area contributed by atoms with Crippen molar-refractivity contribution in [2.75, 3.05) is 0 Å². The molecular formula is C18H31. The van der Waals surface area contributed by atoms with Gasteiger partial charge in [-0.25, -0.2) is 0 Å². The minimum Gasteiger partial charge on any atom is -0.0845 e. The van der Waals surface area contributed by atoms with Crippen LogP contribution in [0.2, 0.25) is 0 Å². The maximum atomic E-state index is 5.35. The van der Waals surface area contributed by atoms with Gasteiger partial charge in [0.1, 0.15) is 0 Å². The van der Waals surface area contributed by atoms with E-state index in [0.29, 0.717) is 0 Å². The predicted molar refractivity (Wildman–Crippen MR) is 83.6 cm³/mol. The zero-order chi connectivity index (χ0) is 13.6. The molecule has 0 aliphatic heterocycles. The Morgan fingerprint density at radius 3 is 2.22 bits per heavy atom. The van der Waals surface area contributed by atoms with Crippen LogP contribution >= 0.6 is 0 Å². The number of unbranched alkanes of at least 4 members (excludes halogenated alkanes) is 4. The number of hydrogen-bond donors (Lipinski definition) is 0. The third kappa shape index (κ3) is 10.4. The summed E-state index contributed by atoms with van der Waals surface area (Å²) < 4.78 is 0. The van der Waals surface area contributed by atoms with Gasteiger partial charge in [0, 0.05) is 0 Å². The van der Waals surface area contributed by atoms with E-state index in [4.69, 9.17) is 6.58 Å². The zero-order valence-electron chi connectivity index (χ0n) is 12.7. The van der Waals surface area contributed by atoms with Crippen molar-refractivity contribution in [3.8, 4) is 0 Å². The van der Waals surface area contributed by atoms with E-state index in [-0.39, 0.29) is 0 Å². The van der Waals surface area contributed by atoms with Gasteiger partial charge in [-0.1, -0.05) is 62.6 Å². The standard InChI is InChI=1S/C18H31/c1-5-8-9-10-11-12-14-17(4)15-13-16-18(6-2)7-3/h1,5,15-16H,6-14H2,2-4H3. The van der Waals surface area contributed by atoms with Crippen molar-refractivity contribution in [3.63, 3.8) is 0 Å². The molecule has 18 heavy (non-hydrogen) atoms. The van der Waals surface area contributed by atoms with E-state index in [1.807, 2.05) is 0 Å². The lowest BCUT2D eigenvalue weighted by Crippen LogP contribution is -1.82. The van der Waals surface area contributed by atoms with Crippen molar-refractivity contribution in [1.29, 1.82) is 0 Å². The lowest BCUT2D eigenvalue weighted by molar-refractivity contribution is 0.644. The minimum atomic E-state index is 1.07. The Hall–Kier alpha value is -0.780. The third-order valence-corrected chi connectivity index (χ3v) is 3.47. The molecule has 0 saturated carbocycles. The molecule has 103 valence electrons. The van der Waals surface area contributed by atoms with Crippen LogP contribution in [0.4, 0.5) is 0 Å². The zero-order valence-corrected chi connectivity index (χ0v) is 12.7. The fraction of sp³-hybridized carbons (Fsp3) is 0.667. The van der Waals surface area contributed by atoms with Crippen LogP contribution in [-0.2, 0) is 0 Å². The first kappa shape index (κ1) is 17.2. The molecule has 0 fully saturated rings. The van der Waals surface area contributed by atoms with Gasteiger partial charge in [0.05, 0.1) is 0 Å². The molecule has 0 aromatic heterocycles. The lowest BCUT2D eigenvalue weighted by Gasteiger charge is -2.02. The molecule has 0 aromatic rings. The summed E-state index contributed by atoms with van der Waals surface area (Å²) in [6.07, 6.45) is 17.6. The van der Waals surface area contributed by atoms with Crippen LogP contribution in [0.15, 0.2) is 29.4 Å². The van der Waals surface area contributed by atoms with Crippen molar-refractivity contribution in [2.24, 2.45) is 0 Å². The Labute approximate surface area is 115 Å². The van der Waals surface area contributed by atoms with Crippen LogP contribution in [-0.4, -0.2) is 0 Å². The molecule has 0 amide bonds. The molecule has 0 heterocycles. The second kappa shape index (κ2) is 12.7. The highest BCUT2D eigenvalue weighted by molar-refractivity contribution is 5.07. The monoisotopic (exact) mass is 247 g/mol. The Balaban J connectivity index is 3.65. The molecule has 0 aliphatic rings. The van der Waals surface area contributed by atoms with Gasteiger partial charge in [-0.05, 0) is 51.9 Å². The highest BCUT2D eigenvalue weighted by atomic mass is 14.0. The maximum absolute atomic E-state index is 5.35. The summed E-state index contributed by atoms with van der Waals surface area (Å²) in [6.45, 7) is 12.1. The number of rotatable bonds is 11. The van der Waals surface area contributed by atoms with Crippen molar-refractivity contribution in [1.82, 2.24) is 0 Å². The van der Waals surface area contributed by atoms with Crippen molar-refractivity contribution >= 4 is 0 Å². The third-order valence-electron chi connectivity index (χ3n) is 3.47. The molecule has 0 bridgehead atoms. The van der Waals surface area contributed by atoms with E-state index >= 15 is 0 Å². The Bertz CT molecular complexity index is 249. The van der Waals surface area contributed by atoms with Gasteiger partial charge in [0.15, 0.2) is 0 Å². The maximum Gasteiger partial charge on any atom is -0.0164 e. The first-order valence-electron chi connectivity index (χ1n) is 7.61. The summed E-state index contributed by atoms with van der Waals surface area (Å²) in [6, 6.07) is 0. The van der Waals surface area contributed by atoms with Crippen molar-refractivity contribution in [3.05, 3.63) is 36.0 Å². The summed E-state index contributed by atoms with van der Waals surface area (Å²) in [5.74, 6) is 0. The van der Waals surface area contributed by atoms with E-state index in [0.717, 1.165) is 12.8 Å². The smallest absolute Gasteiger partial charge is 0.0164 e. The van der Waals surface area contributed by atoms with Crippen LogP contribution in [0, 0.1) is 6.58 Å². The number of allylic oxidation sites excluding steroid dienone is 5. The van der Waals surface area contributed by atoms with Crippen molar-refractivity contribution in [2.45, 2.75) is 78.6 Å². The SMILES string of the molecule is [CH]=CCCCCCCC(C)=CCC=C(CC)CC. The highest BCUT2D eigenvalue weighted by Crippen LogP contribution is 2.13. The van der Waals surface area contributed by atoms with Gasteiger partial charge in [0.2, 0.25) is 0 Å². The molecule has 0 aromatic carbocycles. The predicted octanol–water partition coefficient (Wildman–Crippen LogP) is 6.40. The van der Waals surface area contributed by atoms with Gasteiger partial charge in [0.25, 0.3) is 0 Å². The molecule has 0 N–H and O–H groups in total. The highest BCUT2D eigenvalue weighted by Gasteiger charge is 1.92. The minimum absolute atomic E-state index is 1.07. The van der Waals surface area contributed by atoms with E-state index in [1.54, 1.807) is 17.2 Å². The molecule has 0 rings (SSSR count). The summed E-state index contributed by atoms with van der Waals surface area (Å²) >= 11 is 0. The molecule has 0 unspecified atom stereocenters. The second-order valence-corrected chi connectivity index (χ2v) is 5.04. The molecule has 0 spiro atoms. The molecule has 0 aliphatic carbocycles. The average Bonchev–Trinajstić information content (AvgIpc) is 2.39. The Morgan fingerprint density at radius 2 is 1.61 bits per heavy atom. The average molecular weight is 247 g/mol. The summed E-state index contributed by atoms with van der Waals surface area (Å²) in [5, 5.41) is 0. The summed E-state index contributed by atoms with van der Waals surface area (Å²) in [4.78, 5) is 0. The van der Waals surface area contributed by atoms with Gasteiger partial charge in [-0.3, -0.25) is 0 Å². The quantitative estimate of drug-likeness (QED) is 0.293. The molecule has 0 heteroatoms. The van der Waals surface area contributed by atoms with E-state index in [2.05, 4.69) is 32.9 Å². The first-order valence-corrected chi connectivity index (χ1v) is 7.61. The fourth-order valence-corrected chi connectivity index (χ4v) is 2.09. The van der Waals surface area contributed by atoms with Crippen LogP contribution in [0.25, 0.3) is 0 Å². The molecular weight excluding hydrogens is 216 g/mol. The molecule has 0 atom stereocenters. The second-order valence-electron chi connectivity index (χ2n) is 5.04. The van der Waals surface area contributed by atoms with Crippen LogP contribution in [0.5, 0.6) is 0 Å². The van der Waals surface area contributed by atoms with E-state index in [1.165, 1.54) is 44.9 Å². The molecule has 0 nitrogen and oxygen atoms in total. The van der Waals surface area contributed by atoms with Gasteiger partial charge in [-0.2, -0.15) is 0 Å².